The molecule has 1 aliphatic rings. The van der Waals surface area contributed by atoms with Crippen LogP contribution in [0.2, 0.25) is 5.02 Å². The number of ether oxygens (including phenoxy) is 1. The number of nitrogens with zero attached hydrogens (tertiary/aromatic N) is 3. The smallest absolute Gasteiger partial charge is 0.228 e. The van der Waals surface area contributed by atoms with Crippen LogP contribution in [0.1, 0.15) is 28.2 Å². The van der Waals surface area contributed by atoms with Gasteiger partial charge in [0.15, 0.2) is 11.0 Å². The van der Waals surface area contributed by atoms with E-state index in [0.29, 0.717) is 28.6 Å². The summed E-state index contributed by atoms with van der Waals surface area (Å²) in [4.78, 5) is 25.1. The second-order valence-corrected chi connectivity index (χ2v) is 7.64. The number of aromatic nitrogens is 2. The van der Waals surface area contributed by atoms with Crippen LogP contribution in [0.15, 0.2) is 35.6 Å². The van der Waals surface area contributed by atoms with Crippen LogP contribution in [-0.4, -0.2) is 40.2 Å². The summed E-state index contributed by atoms with van der Waals surface area (Å²) in [5, 5.41) is 0.380. The summed E-state index contributed by atoms with van der Waals surface area (Å²) in [6, 6.07) is 4.64. The van der Waals surface area contributed by atoms with E-state index in [0.717, 1.165) is 0 Å². The van der Waals surface area contributed by atoms with Crippen molar-refractivity contribution in [1.82, 2.24) is 9.97 Å². The summed E-state index contributed by atoms with van der Waals surface area (Å²) in [5.74, 6) is 0.424. The van der Waals surface area contributed by atoms with Crippen LogP contribution in [-0.2, 0) is 12.0 Å². The molecule has 1 aliphatic heterocycles. The number of halogens is 3. The predicted molar refractivity (Wildman–Crippen MR) is 104 cm³/mol. The summed E-state index contributed by atoms with van der Waals surface area (Å²) in [5.41, 5.74) is 5.74. The van der Waals surface area contributed by atoms with E-state index in [1.807, 2.05) is 0 Å². The molecule has 6 nitrogen and oxygen atoms in total. The Labute approximate surface area is 169 Å². The third kappa shape index (κ3) is 4.41. The van der Waals surface area contributed by atoms with E-state index in [4.69, 9.17) is 17.3 Å². The Morgan fingerprint density at radius 3 is 2.86 bits per heavy atom. The second-order valence-electron chi connectivity index (χ2n) is 6.12. The molecule has 0 radical (unpaired) electrons. The van der Waals surface area contributed by atoms with Crippen molar-refractivity contribution in [2.75, 3.05) is 19.3 Å². The van der Waals surface area contributed by atoms with Crippen molar-refractivity contribution in [2.45, 2.75) is 18.4 Å². The monoisotopic (exact) mass is 426 g/mol. The Morgan fingerprint density at radius 2 is 2.18 bits per heavy atom. The van der Waals surface area contributed by atoms with Crippen molar-refractivity contribution < 1.29 is 18.3 Å². The van der Waals surface area contributed by atoms with Gasteiger partial charge in [-0.3, -0.25) is 9.78 Å². The largest absolute Gasteiger partial charge is 0.461 e. The molecule has 28 heavy (non-hydrogen) atoms. The van der Waals surface area contributed by atoms with Gasteiger partial charge in [0.1, 0.15) is 23.7 Å². The van der Waals surface area contributed by atoms with E-state index in [2.05, 4.69) is 19.7 Å². The molecule has 3 heterocycles. The molecular formula is C18H17ClF2N4O2S. The number of carbonyl (C=O) groups excluding carboxylic acids is 1. The molecule has 0 saturated carbocycles. The van der Waals surface area contributed by atoms with E-state index in [1.54, 1.807) is 12.1 Å². The van der Waals surface area contributed by atoms with Crippen LogP contribution >= 0.6 is 23.4 Å². The molecule has 0 aromatic carbocycles. The highest BCUT2D eigenvalue weighted by Crippen LogP contribution is 2.35. The number of amidine groups is 1. The number of hydrogen-bond donors (Lipinski definition) is 1. The maximum atomic E-state index is 13.9. The van der Waals surface area contributed by atoms with Gasteiger partial charge < -0.3 is 10.5 Å². The van der Waals surface area contributed by atoms with E-state index in [1.165, 1.54) is 30.2 Å². The number of rotatable bonds is 7. The first kappa shape index (κ1) is 20.5. The fraction of sp³-hybridized carbons (Fsp3) is 0.333. The summed E-state index contributed by atoms with van der Waals surface area (Å²) in [6.07, 6.45) is 3.19. The van der Waals surface area contributed by atoms with Gasteiger partial charge in [0, 0.05) is 24.4 Å². The fourth-order valence-corrected chi connectivity index (χ4v) is 4.00. The second kappa shape index (κ2) is 8.83. The lowest BCUT2D eigenvalue weighted by Gasteiger charge is -2.30. The van der Waals surface area contributed by atoms with Crippen molar-refractivity contribution in [3.05, 3.63) is 52.6 Å². The highest BCUT2D eigenvalue weighted by molar-refractivity contribution is 8.13. The molecule has 3 rings (SSSR count). The van der Waals surface area contributed by atoms with Crippen molar-refractivity contribution in [2.24, 2.45) is 10.7 Å². The summed E-state index contributed by atoms with van der Waals surface area (Å²) in [7, 11) is 0. The lowest BCUT2D eigenvalue weighted by molar-refractivity contribution is 0.0988. The van der Waals surface area contributed by atoms with Crippen LogP contribution in [0.3, 0.4) is 0 Å². The average molecular weight is 427 g/mol. The van der Waals surface area contributed by atoms with Gasteiger partial charge in [-0.25, -0.2) is 18.8 Å². The molecule has 0 bridgehead atoms. The Kier molecular flexibility index (Phi) is 6.46. The van der Waals surface area contributed by atoms with Gasteiger partial charge in [-0.2, -0.15) is 0 Å². The first-order valence-corrected chi connectivity index (χ1v) is 9.71. The van der Waals surface area contributed by atoms with E-state index >= 15 is 0 Å². The Hall–Kier alpha value is -2.26. The predicted octanol–water partition coefficient (Wildman–Crippen LogP) is 3.48. The van der Waals surface area contributed by atoms with Gasteiger partial charge in [-0.1, -0.05) is 23.4 Å². The van der Waals surface area contributed by atoms with Gasteiger partial charge in [0.25, 0.3) is 0 Å². The zero-order valence-corrected chi connectivity index (χ0v) is 16.3. The van der Waals surface area contributed by atoms with Gasteiger partial charge in [-0.15, -0.1) is 0 Å². The summed E-state index contributed by atoms with van der Waals surface area (Å²) in [6.45, 7) is -1.75. The standard InChI is InChI=1S/C18H17ClF2N4O2S/c19-13-7-12(27-10-21)8-24-16(13)14(26)5-11-1-3-23-15(6-11)18(9-20)2-4-28-17(22)25-18/h1,3,6-8H,2,4-5,9-10H2,(H2,22,25)/t18-/m1/s1. The number of Topliss-reactive ketones (excluding diaryl/α,β-unsaturated/α-hetero) is 1. The summed E-state index contributed by atoms with van der Waals surface area (Å²) >= 11 is 7.43. The van der Waals surface area contributed by atoms with E-state index in [9.17, 15) is 13.6 Å². The number of thioether (sulfide) groups is 1. The molecule has 0 aliphatic carbocycles. The number of nitrogens with two attached hydrogens (primary N) is 1. The first-order chi connectivity index (χ1) is 13.5. The number of carbonyl (C=O) groups is 1. The minimum absolute atomic E-state index is 0.0120. The zero-order chi connectivity index (χ0) is 20.1. The van der Waals surface area contributed by atoms with E-state index in [-0.39, 0.29) is 28.7 Å². The highest BCUT2D eigenvalue weighted by Gasteiger charge is 2.36. The Balaban J connectivity index is 1.83. The molecule has 148 valence electrons. The highest BCUT2D eigenvalue weighted by atomic mass is 35.5. The Morgan fingerprint density at radius 1 is 1.36 bits per heavy atom. The fourth-order valence-electron chi connectivity index (χ4n) is 2.85. The minimum atomic E-state index is -1.13. The number of pyridine rings is 2. The lowest BCUT2D eigenvalue weighted by Crippen LogP contribution is -2.34. The number of hydrogen-bond acceptors (Lipinski definition) is 7. The van der Waals surface area contributed by atoms with Crippen molar-refractivity contribution in [1.29, 1.82) is 0 Å². The van der Waals surface area contributed by atoms with E-state index < -0.39 is 19.1 Å². The van der Waals surface area contributed by atoms with Gasteiger partial charge in [0.05, 0.1) is 16.9 Å². The van der Waals surface area contributed by atoms with Crippen LogP contribution in [0.4, 0.5) is 8.78 Å². The molecule has 2 aromatic heterocycles. The average Bonchev–Trinajstić information content (AvgIpc) is 2.68. The molecule has 0 fully saturated rings. The van der Waals surface area contributed by atoms with Gasteiger partial charge in [-0.05, 0) is 24.1 Å². The molecule has 0 saturated heterocycles. The molecule has 2 N–H and O–H groups in total. The van der Waals surface area contributed by atoms with Gasteiger partial charge >= 0.3 is 0 Å². The minimum Gasteiger partial charge on any atom is -0.461 e. The van der Waals surface area contributed by atoms with Crippen LogP contribution in [0.25, 0.3) is 0 Å². The maximum Gasteiger partial charge on any atom is 0.228 e. The number of alkyl halides is 2. The van der Waals surface area contributed by atoms with Crippen molar-refractivity contribution in [3.8, 4) is 5.75 Å². The number of aliphatic imine (C=N–C) groups is 1. The van der Waals surface area contributed by atoms with Crippen LogP contribution in [0, 0.1) is 0 Å². The topological polar surface area (TPSA) is 90.5 Å². The molecule has 2 aromatic rings. The Bertz CT molecular complexity index is 915. The van der Waals surface area contributed by atoms with Crippen LogP contribution in [0.5, 0.6) is 5.75 Å². The molecule has 0 spiro atoms. The van der Waals surface area contributed by atoms with Crippen molar-refractivity contribution >= 4 is 34.3 Å². The molecule has 1 atom stereocenters. The SMILES string of the molecule is NC1=N[C@](CF)(c2cc(CC(=O)c3ncc(OCF)cc3Cl)ccn2)CCS1. The summed E-state index contributed by atoms with van der Waals surface area (Å²) < 4.78 is 30.7. The quantitative estimate of drug-likeness (QED) is 0.681. The normalized spacial score (nSPS) is 19.2. The zero-order valence-electron chi connectivity index (χ0n) is 14.7. The van der Waals surface area contributed by atoms with Crippen LogP contribution < -0.4 is 10.5 Å². The molecular weight excluding hydrogens is 410 g/mol. The number of ketones is 1. The molecule has 0 unspecified atom stereocenters. The maximum absolute atomic E-state index is 13.9. The third-order valence-electron chi connectivity index (χ3n) is 4.28. The van der Waals surface area contributed by atoms with Crippen molar-refractivity contribution in [3.63, 3.8) is 0 Å². The molecule has 0 amide bonds. The lowest BCUT2D eigenvalue weighted by atomic mass is 9.92. The first-order valence-electron chi connectivity index (χ1n) is 8.34. The third-order valence-corrected chi connectivity index (χ3v) is 5.36. The van der Waals surface area contributed by atoms with Gasteiger partial charge in [0.2, 0.25) is 6.86 Å². The molecule has 10 heteroatoms.